The van der Waals surface area contributed by atoms with E-state index < -0.39 is 5.60 Å². The first kappa shape index (κ1) is 11.4. The molecule has 0 aromatic carbocycles. The third kappa shape index (κ3) is 2.33. The van der Waals surface area contributed by atoms with Crippen LogP contribution in [-0.2, 0) is 0 Å². The van der Waals surface area contributed by atoms with E-state index in [1.807, 2.05) is 0 Å². The molecule has 2 N–H and O–H groups in total. The van der Waals surface area contributed by atoms with Crippen LogP contribution < -0.4 is 5.32 Å². The minimum atomic E-state index is -0.713. The van der Waals surface area contributed by atoms with E-state index in [1.165, 1.54) is 12.4 Å². The van der Waals surface area contributed by atoms with Crippen molar-refractivity contribution in [1.82, 2.24) is 10.3 Å². The molecule has 0 unspecified atom stereocenters. The molecule has 0 bridgehead atoms. The van der Waals surface area contributed by atoms with Crippen LogP contribution in [0.5, 0.6) is 0 Å². The Balaban J connectivity index is 1.96. The molecule has 0 spiro atoms. The van der Waals surface area contributed by atoms with Crippen molar-refractivity contribution in [2.75, 3.05) is 6.54 Å². The highest BCUT2D eigenvalue weighted by Crippen LogP contribution is 2.30. The number of pyridine rings is 1. The predicted octanol–water partition coefficient (Wildman–Crippen LogP) is 1.38. The Morgan fingerprint density at radius 2 is 2.38 bits per heavy atom. The molecule has 1 aliphatic carbocycles. The van der Waals surface area contributed by atoms with Gasteiger partial charge < -0.3 is 10.4 Å². The van der Waals surface area contributed by atoms with E-state index in [-0.39, 0.29) is 12.5 Å². The van der Waals surface area contributed by atoms with Gasteiger partial charge in [0.1, 0.15) is 0 Å². The fourth-order valence-electron chi connectivity index (χ4n) is 1.66. The molecule has 1 heterocycles. The van der Waals surface area contributed by atoms with Gasteiger partial charge in [-0.3, -0.25) is 9.78 Å². The zero-order valence-corrected chi connectivity index (χ0v) is 9.50. The lowest BCUT2D eigenvalue weighted by molar-refractivity contribution is -0.0300. The number of amides is 1. The van der Waals surface area contributed by atoms with Crippen molar-refractivity contribution < 1.29 is 9.90 Å². The number of aliphatic hydroxyl groups is 1. The molecule has 0 atom stereocenters. The van der Waals surface area contributed by atoms with E-state index in [9.17, 15) is 9.90 Å². The summed E-state index contributed by atoms with van der Waals surface area (Å²) in [4.78, 5) is 15.5. The van der Waals surface area contributed by atoms with E-state index in [1.54, 1.807) is 6.07 Å². The third-order valence-corrected chi connectivity index (χ3v) is 3.18. The fraction of sp³-hybridized carbons (Fsp3) is 0.455. The number of nitrogens with one attached hydrogen (secondary N) is 1. The largest absolute Gasteiger partial charge is 0.388 e. The van der Waals surface area contributed by atoms with E-state index in [0.717, 1.165) is 19.3 Å². The molecular weight excluding hydrogens is 228 g/mol. The maximum absolute atomic E-state index is 11.7. The van der Waals surface area contributed by atoms with Crippen LogP contribution >= 0.6 is 11.6 Å². The van der Waals surface area contributed by atoms with Crippen LogP contribution in [0.4, 0.5) is 0 Å². The highest BCUT2D eigenvalue weighted by atomic mass is 35.5. The normalized spacial score (nSPS) is 17.6. The first-order valence-corrected chi connectivity index (χ1v) is 5.59. The van der Waals surface area contributed by atoms with Crippen molar-refractivity contribution >= 4 is 17.5 Å². The van der Waals surface area contributed by atoms with Crippen LogP contribution in [0.25, 0.3) is 0 Å². The van der Waals surface area contributed by atoms with Gasteiger partial charge in [-0.05, 0) is 25.3 Å². The van der Waals surface area contributed by atoms with Gasteiger partial charge >= 0.3 is 0 Å². The number of hydrogen-bond acceptors (Lipinski definition) is 3. The lowest BCUT2D eigenvalue weighted by atomic mass is 9.80. The summed E-state index contributed by atoms with van der Waals surface area (Å²) in [6.45, 7) is 0.282. The van der Waals surface area contributed by atoms with Gasteiger partial charge in [0.05, 0.1) is 16.2 Å². The smallest absolute Gasteiger partial charge is 0.253 e. The van der Waals surface area contributed by atoms with Crippen LogP contribution in [0.15, 0.2) is 18.5 Å². The monoisotopic (exact) mass is 240 g/mol. The fourth-order valence-corrected chi connectivity index (χ4v) is 1.87. The quantitative estimate of drug-likeness (QED) is 0.839. The van der Waals surface area contributed by atoms with Gasteiger partial charge in [-0.25, -0.2) is 0 Å². The van der Waals surface area contributed by atoms with E-state index in [2.05, 4.69) is 10.3 Å². The zero-order valence-electron chi connectivity index (χ0n) is 8.74. The third-order valence-electron chi connectivity index (χ3n) is 2.88. The molecule has 0 saturated heterocycles. The summed E-state index contributed by atoms with van der Waals surface area (Å²) in [5.74, 6) is -0.271. The average Bonchev–Trinajstić information content (AvgIpc) is 2.24. The van der Waals surface area contributed by atoms with Crippen LogP contribution in [0, 0.1) is 0 Å². The standard InChI is InChI=1S/C11H13ClN2O2/c12-9-6-13-5-2-8(9)10(15)14-7-11(16)3-1-4-11/h2,5-6,16H,1,3-4,7H2,(H,14,15). The van der Waals surface area contributed by atoms with Crippen molar-refractivity contribution in [1.29, 1.82) is 0 Å². The number of hydrogen-bond donors (Lipinski definition) is 2. The molecule has 1 fully saturated rings. The van der Waals surface area contributed by atoms with Gasteiger partial charge in [0, 0.05) is 18.9 Å². The van der Waals surface area contributed by atoms with Crippen molar-refractivity contribution in [2.24, 2.45) is 0 Å². The molecule has 1 aliphatic rings. The Morgan fingerprint density at radius 1 is 1.62 bits per heavy atom. The number of rotatable bonds is 3. The number of halogens is 1. The van der Waals surface area contributed by atoms with Crippen LogP contribution in [-0.4, -0.2) is 28.1 Å². The Bertz CT molecular complexity index is 405. The maximum Gasteiger partial charge on any atom is 0.253 e. The Kier molecular flexibility index (Phi) is 3.12. The molecule has 5 heteroatoms. The number of aromatic nitrogens is 1. The molecular formula is C11H13ClN2O2. The molecule has 16 heavy (non-hydrogen) atoms. The molecule has 4 nitrogen and oxygen atoms in total. The van der Waals surface area contributed by atoms with E-state index in [0.29, 0.717) is 10.6 Å². The van der Waals surface area contributed by atoms with Crippen LogP contribution in [0.2, 0.25) is 5.02 Å². The minimum absolute atomic E-state index is 0.271. The second-order valence-electron chi connectivity index (χ2n) is 4.12. The van der Waals surface area contributed by atoms with Gasteiger partial charge in [-0.1, -0.05) is 11.6 Å². The summed E-state index contributed by atoms with van der Waals surface area (Å²) in [6.07, 6.45) is 5.45. The molecule has 0 radical (unpaired) electrons. The Labute approximate surface area is 98.6 Å². The number of nitrogens with zero attached hydrogens (tertiary/aromatic N) is 1. The van der Waals surface area contributed by atoms with Crippen LogP contribution in [0.1, 0.15) is 29.6 Å². The topological polar surface area (TPSA) is 62.2 Å². The van der Waals surface area contributed by atoms with Crippen molar-refractivity contribution in [3.05, 3.63) is 29.0 Å². The average molecular weight is 241 g/mol. The van der Waals surface area contributed by atoms with Gasteiger partial charge in [-0.15, -0.1) is 0 Å². The SMILES string of the molecule is O=C(NCC1(O)CCC1)c1ccncc1Cl. The minimum Gasteiger partial charge on any atom is -0.388 e. The lowest BCUT2D eigenvalue weighted by Crippen LogP contribution is -2.47. The predicted molar refractivity (Wildman–Crippen MR) is 60.4 cm³/mol. The summed E-state index contributed by atoms with van der Waals surface area (Å²) in [5, 5.41) is 12.8. The number of carbonyl (C=O) groups is 1. The second-order valence-corrected chi connectivity index (χ2v) is 4.52. The summed E-state index contributed by atoms with van der Waals surface area (Å²) in [5.41, 5.74) is -0.325. The molecule has 1 saturated carbocycles. The van der Waals surface area contributed by atoms with E-state index in [4.69, 9.17) is 11.6 Å². The van der Waals surface area contributed by atoms with Gasteiger partial charge in [0.2, 0.25) is 0 Å². The van der Waals surface area contributed by atoms with Gasteiger partial charge in [0.25, 0.3) is 5.91 Å². The van der Waals surface area contributed by atoms with Crippen molar-refractivity contribution in [3.63, 3.8) is 0 Å². The summed E-state index contributed by atoms with van der Waals surface area (Å²) in [7, 11) is 0. The van der Waals surface area contributed by atoms with E-state index >= 15 is 0 Å². The first-order valence-electron chi connectivity index (χ1n) is 5.21. The van der Waals surface area contributed by atoms with Gasteiger partial charge in [0.15, 0.2) is 0 Å². The zero-order chi connectivity index (χ0) is 11.6. The molecule has 1 aromatic rings. The van der Waals surface area contributed by atoms with Gasteiger partial charge in [-0.2, -0.15) is 0 Å². The molecule has 0 aliphatic heterocycles. The maximum atomic E-state index is 11.7. The van der Waals surface area contributed by atoms with Crippen molar-refractivity contribution in [2.45, 2.75) is 24.9 Å². The highest BCUT2D eigenvalue weighted by Gasteiger charge is 2.34. The van der Waals surface area contributed by atoms with Crippen molar-refractivity contribution in [3.8, 4) is 0 Å². The highest BCUT2D eigenvalue weighted by molar-refractivity contribution is 6.33. The number of carbonyl (C=O) groups excluding carboxylic acids is 1. The molecule has 86 valence electrons. The first-order chi connectivity index (χ1) is 7.61. The Morgan fingerprint density at radius 3 is 2.94 bits per heavy atom. The lowest BCUT2D eigenvalue weighted by Gasteiger charge is -2.36. The molecule has 2 rings (SSSR count). The summed E-state index contributed by atoms with van der Waals surface area (Å²) < 4.78 is 0. The Hall–Kier alpha value is -1.13. The molecule has 1 amide bonds. The van der Waals surface area contributed by atoms with Crippen LogP contribution in [0.3, 0.4) is 0 Å². The summed E-state index contributed by atoms with van der Waals surface area (Å²) >= 11 is 5.83. The second kappa shape index (κ2) is 4.39. The molecule has 1 aromatic heterocycles. The summed E-state index contributed by atoms with van der Waals surface area (Å²) in [6, 6.07) is 1.56.